The van der Waals surface area contributed by atoms with Crippen LogP contribution in [0, 0.1) is 5.92 Å². The maximum absolute atomic E-state index is 12.6. The van der Waals surface area contributed by atoms with E-state index in [2.05, 4.69) is 0 Å². The highest BCUT2D eigenvalue weighted by Gasteiger charge is 2.29. The van der Waals surface area contributed by atoms with Crippen LogP contribution in [0.15, 0.2) is 30.3 Å². The van der Waals surface area contributed by atoms with E-state index in [1.165, 1.54) is 11.3 Å². The lowest BCUT2D eigenvalue weighted by molar-refractivity contribution is -0.125. The molecular weight excluding hydrogens is 270 g/mol. The fourth-order valence-electron chi connectivity index (χ4n) is 2.69. The minimum Gasteiger partial charge on any atom is -0.337 e. The number of thiophene rings is 1. The van der Waals surface area contributed by atoms with Crippen molar-refractivity contribution >= 4 is 33.1 Å². The van der Waals surface area contributed by atoms with Crippen molar-refractivity contribution in [3.8, 4) is 0 Å². The smallest absolute Gasteiger partial charge is 0.263 e. The van der Waals surface area contributed by atoms with Gasteiger partial charge in [-0.1, -0.05) is 25.1 Å². The van der Waals surface area contributed by atoms with Crippen molar-refractivity contribution in [2.24, 2.45) is 5.92 Å². The minimum absolute atomic E-state index is 0.0158. The van der Waals surface area contributed by atoms with E-state index in [9.17, 15) is 9.59 Å². The Kier molecular flexibility index (Phi) is 3.57. The molecule has 1 aliphatic rings. The summed E-state index contributed by atoms with van der Waals surface area (Å²) in [7, 11) is 0. The van der Waals surface area contributed by atoms with Gasteiger partial charge in [-0.2, -0.15) is 0 Å². The fraction of sp³-hybridized carbons (Fsp3) is 0.375. The molecule has 1 aromatic heterocycles. The Hall–Kier alpha value is -1.68. The second-order valence-corrected chi connectivity index (χ2v) is 6.30. The molecule has 20 heavy (non-hydrogen) atoms. The van der Waals surface area contributed by atoms with Gasteiger partial charge in [-0.25, -0.2) is 0 Å². The molecule has 2 aromatic rings. The zero-order valence-electron chi connectivity index (χ0n) is 11.5. The van der Waals surface area contributed by atoms with Gasteiger partial charge in [-0.15, -0.1) is 11.3 Å². The summed E-state index contributed by atoms with van der Waals surface area (Å²) in [6, 6.07) is 9.98. The molecule has 4 heteroatoms. The summed E-state index contributed by atoms with van der Waals surface area (Å²) in [5.41, 5.74) is 0. The van der Waals surface area contributed by atoms with Crippen molar-refractivity contribution in [3.63, 3.8) is 0 Å². The van der Waals surface area contributed by atoms with Gasteiger partial charge in [0.15, 0.2) is 0 Å². The molecule has 0 saturated carbocycles. The Morgan fingerprint density at radius 3 is 2.95 bits per heavy atom. The van der Waals surface area contributed by atoms with E-state index in [-0.39, 0.29) is 11.8 Å². The molecule has 0 bridgehead atoms. The third-order valence-electron chi connectivity index (χ3n) is 3.94. The number of fused-ring (bicyclic) bond motifs is 1. The first-order valence-corrected chi connectivity index (χ1v) is 7.81. The van der Waals surface area contributed by atoms with E-state index in [0.29, 0.717) is 25.3 Å². The summed E-state index contributed by atoms with van der Waals surface area (Å²) in [6.45, 7) is 3.14. The Morgan fingerprint density at radius 1 is 1.40 bits per heavy atom. The summed E-state index contributed by atoms with van der Waals surface area (Å²) in [5, 5.41) is 1.11. The monoisotopic (exact) mass is 287 g/mol. The van der Waals surface area contributed by atoms with Crippen molar-refractivity contribution in [3.05, 3.63) is 35.2 Å². The number of carbonyl (C=O) groups excluding carboxylic acids is 2. The number of ketones is 1. The summed E-state index contributed by atoms with van der Waals surface area (Å²) in [6.07, 6.45) is 1.31. The maximum atomic E-state index is 12.6. The predicted molar refractivity (Wildman–Crippen MR) is 81.1 cm³/mol. The van der Waals surface area contributed by atoms with E-state index in [0.717, 1.165) is 21.4 Å². The fourth-order valence-corrected chi connectivity index (χ4v) is 3.72. The number of rotatable bonds is 2. The van der Waals surface area contributed by atoms with Crippen LogP contribution >= 0.6 is 11.3 Å². The van der Waals surface area contributed by atoms with Crippen LogP contribution in [0.25, 0.3) is 10.1 Å². The van der Waals surface area contributed by atoms with Crippen molar-refractivity contribution < 1.29 is 9.59 Å². The van der Waals surface area contributed by atoms with Gasteiger partial charge >= 0.3 is 0 Å². The quantitative estimate of drug-likeness (QED) is 0.849. The molecule has 0 N–H and O–H groups in total. The number of nitrogens with zero attached hydrogens (tertiary/aromatic N) is 1. The average molecular weight is 287 g/mol. The van der Waals surface area contributed by atoms with Crippen molar-refractivity contribution in [2.75, 3.05) is 13.1 Å². The van der Waals surface area contributed by atoms with E-state index >= 15 is 0 Å². The standard InChI is InChI=1S/C16H17NO2S/c1-2-11-10-17(8-7-13(11)18)16(19)15-9-12-5-3-4-6-14(12)20-15/h3-6,9,11H,2,7-8,10H2,1H3. The number of likely N-dealkylation sites (tertiary alicyclic amines) is 1. The van der Waals surface area contributed by atoms with Crippen LogP contribution in [0.4, 0.5) is 0 Å². The minimum atomic E-state index is 0.0158. The molecule has 0 aliphatic carbocycles. The average Bonchev–Trinajstić information content (AvgIpc) is 2.91. The van der Waals surface area contributed by atoms with E-state index < -0.39 is 0 Å². The number of carbonyl (C=O) groups is 2. The molecule has 0 spiro atoms. The lowest BCUT2D eigenvalue weighted by atomic mass is 9.94. The van der Waals surface area contributed by atoms with Crippen LogP contribution in [0.1, 0.15) is 29.4 Å². The SMILES string of the molecule is CCC1CN(C(=O)c2cc3ccccc3s2)CCC1=O. The third-order valence-corrected chi connectivity index (χ3v) is 5.04. The molecule has 2 heterocycles. The molecule has 3 nitrogen and oxygen atoms in total. The van der Waals surface area contributed by atoms with Crippen LogP contribution in [-0.2, 0) is 4.79 Å². The van der Waals surface area contributed by atoms with Gasteiger partial charge in [-0.05, 0) is 23.9 Å². The largest absolute Gasteiger partial charge is 0.337 e. The van der Waals surface area contributed by atoms with Crippen LogP contribution in [-0.4, -0.2) is 29.7 Å². The summed E-state index contributed by atoms with van der Waals surface area (Å²) in [4.78, 5) is 26.9. The third kappa shape index (κ3) is 2.36. The second-order valence-electron chi connectivity index (χ2n) is 5.22. The first-order chi connectivity index (χ1) is 9.69. The first kappa shape index (κ1) is 13.3. The highest BCUT2D eigenvalue weighted by Crippen LogP contribution is 2.27. The molecule has 1 atom stereocenters. The van der Waals surface area contributed by atoms with Crippen LogP contribution in [0.5, 0.6) is 0 Å². The number of Topliss-reactive ketones (excluding diaryl/α,β-unsaturated/α-hetero) is 1. The van der Waals surface area contributed by atoms with E-state index in [4.69, 9.17) is 0 Å². The van der Waals surface area contributed by atoms with Crippen molar-refractivity contribution in [1.82, 2.24) is 4.90 Å². The number of amides is 1. The summed E-state index contributed by atoms with van der Waals surface area (Å²) < 4.78 is 1.14. The normalized spacial score (nSPS) is 19.6. The van der Waals surface area contributed by atoms with Crippen LogP contribution in [0.3, 0.4) is 0 Å². The number of hydrogen-bond acceptors (Lipinski definition) is 3. The van der Waals surface area contributed by atoms with E-state index in [1.807, 2.05) is 42.2 Å². The lowest BCUT2D eigenvalue weighted by Gasteiger charge is -2.31. The Morgan fingerprint density at radius 2 is 2.20 bits per heavy atom. The second kappa shape index (κ2) is 5.37. The molecule has 0 radical (unpaired) electrons. The molecule has 104 valence electrons. The van der Waals surface area contributed by atoms with Gasteiger partial charge in [0.1, 0.15) is 5.78 Å². The van der Waals surface area contributed by atoms with Gasteiger partial charge in [-0.3, -0.25) is 9.59 Å². The molecule has 1 aromatic carbocycles. The number of hydrogen-bond donors (Lipinski definition) is 0. The maximum Gasteiger partial charge on any atom is 0.263 e. The van der Waals surface area contributed by atoms with Crippen molar-refractivity contribution in [1.29, 1.82) is 0 Å². The molecule has 1 amide bonds. The lowest BCUT2D eigenvalue weighted by Crippen LogP contribution is -2.43. The van der Waals surface area contributed by atoms with Gasteiger partial charge in [0, 0.05) is 30.1 Å². The first-order valence-electron chi connectivity index (χ1n) is 6.99. The molecule has 1 fully saturated rings. The highest BCUT2D eigenvalue weighted by atomic mass is 32.1. The van der Waals surface area contributed by atoms with Gasteiger partial charge in [0.25, 0.3) is 5.91 Å². The van der Waals surface area contributed by atoms with Gasteiger partial charge < -0.3 is 4.90 Å². The number of benzene rings is 1. The molecule has 1 aliphatic heterocycles. The zero-order chi connectivity index (χ0) is 14.1. The number of piperidine rings is 1. The Labute approximate surface area is 122 Å². The molecule has 1 unspecified atom stereocenters. The van der Waals surface area contributed by atoms with Gasteiger partial charge in [0.2, 0.25) is 0 Å². The molecule has 1 saturated heterocycles. The van der Waals surface area contributed by atoms with Crippen LogP contribution < -0.4 is 0 Å². The highest BCUT2D eigenvalue weighted by molar-refractivity contribution is 7.20. The summed E-state index contributed by atoms with van der Waals surface area (Å²) in [5.74, 6) is 0.382. The predicted octanol–water partition coefficient (Wildman–Crippen LogP) is 3.34. The van der Waals surface area contributed by atoms with Crippen molar-refractivity contribution in [2.45, 2.75) is 19.8 Å². The molecular formula is C16H17NO2S. The Balaban J connectivity index is 1.83. The van der Waals surface area contributed by atoms with Crippen LogP contribution in [0.2, 0.25) is 0 Å². The molecule has 3 rings (SSSR count). The summed E-state index contributed by atoms with van der Waals surface area (Å²) >= 11 is 1.53. The topological polar surface area (TPSA) is 37.4 Å². The Bertz CT molecular complexity index is 628. The van der Waals surface area contributed by atoms with Gasteiger partial charge in [0.05, 0.1) is 4.88 Å². The van der Waals surface area contributed by atoms with E-state index in [1.54, 1.807) is 0 Å². The zero-order valence-corrected chi connectivity index (χ0v) is 12.3.